The maximum Gasteiger partial charge on any atom is 0.0991 e. The number of benzene rings is 1. The Labute approximate surface area is 111 Å². The highest BCUT2D eigenvalue weighted by Gasteiger charge is 2.20. The lowest BCUT2D eigenvalue weighted by Gasteiger charge is -2.02. The second-order valence-electron chi connectivity index (χ2n) is 4.74. The maximum absolute atomic E-state index is 8.78. The number of nitriles is 1. The molecule has 90 valence electrons. The molecule has 2 nitrogen and oxygen atoms in total. The van der Waals surface area contributed by atoms with Crippen molar-refractivity contribution in [1.29, 1.82) is 5.26 Å². The van der Waals surface area contributed by atoms with E-state index in [1.165, 1.54) is 30.7 Å². The largest absolute Gasteiger partial charge is 0.241 e. The molecule has 0 saturated heterocycles. The molecule has 0 atom stereocenters. The molecule has 1 saturated carbocycles. The Bertz CT molecular complexity index is 571. The van der Waals surface area contributed by atoms with Gasteiger partial charge in [0.25, 0.3) is 0 Å². The molecule has 3 rings (SSSR count). The van der Waals surface area contributed by atoms with Crippen molar-refractivity contribution >= 4 is 11.3 Å². The molecule has 0 bridgehead atoms. The fraction of sp³-hybridized carbons (Fsp3) is 0.333. The second kappa shape index (κ2) is 4.91. The third-order valence-electron chi connectivity index (χ3n) is 3.54. The molecule has 0 spiro atoms. The van der Waals surface area contributed by atoms with Gasteiger partial charge in [0.15, 0.2) is 0 Å². The number of rotatable bonds is 2. The third kappa shape index (κ3) is 2.16. The van der Waals surface area contributed by atoms with E-state index in [2.05, 4.69) is 11.4 Å². The van der Waals surface area contributed by atoms with Crippen LogP contribution in [-0.4, -0.2) is 4.98 Å². The number of aromatic nitrogens is 1. The molecule has 1 aliphatic rings. The molecular weight excluding hydrogens is 240 g/mol. The number of thiazole rings is 1. The van der Waals surface area contributed by atoms with Gasteiger partial charge in [-0.2, -0.15) is 5.26 Å². The quantitative estimate of drug-likeness (QED) is 0.799. The Kier molecular flexibility index (Phi) is 3.12. The van der Waals surface area contributed by atoms with E-state index in [4.69, 9.17) is 10.2 Å². The molecule has 0 aliphatic heterocycles. The number of hydrogen-bond donors (Lipinski definition) is 0. The summed E-state index contributed by atoms with van der Waals surface area (Å²) in [6.07, 6.45) is 5.27. The van der Waals surface area contributed by atoms with Crippen molar-refractivity contribution in [1.82, 2.24) is 4.98 Å². The first-order valence-corrected chi connectivity index (χ1v) is 7.21. The van der Waals surface area contributed by atoms with Gasteiger partial charge in [0.2, 0.25) is 0 Å². The molecule has 1 aromatic carbocycles. The summed E-state index contributed by atoms with van der Waals surface area (Å²) < 4.78 is 0. The summed E-state index contributed by atoms with van der Waals surface area (Å²) in [6.45, 7) is 0. The molecule has 1 aromatic heterocycles. The molecule has 1 aliphatic carbocycles. The van der Waals surface area contributed by atoms with Crippen LogP contribution in [0.15, 0.2) is 29.6 Å². The van der Waals surface area contributed by atoms with E-state index in [-0.39, 0.29) is 0 Å². The van der Waals surface area contributed by atoms with E-state index in [1.54, 1.807) is 11.3 Å². The minimum absolute atomic E-state index is 0.683. The summed E-state index contributed by atoms with van der Waals surface area (Å²) >= 11 is 1.78. The van der Waals surface area contributed by atoms with Gasteiger partial charge in [-0.3, -0.25) is 0 Å². The minimum atomic E-state index is 0.683. The summed E-state index contributed by atoms with van der Waals surface area (Å²) in [5, 5.41) is 12.2. The highest BCUT2D eigenvalue weighted by Crippen LogP contribution is 2.37. The zero-order chi connectivity index (χ0) is 12.4. The number of hydrogen-bond acceptors (Lipinski definition) is 3. The average Bonchev–Trinajstić information content (AvgIpc) is 3.09. The normalized spacial score (nSPS) is 15.7. The SMILES string of the molecule is N#Cc1ccc(-c2csc(C3CCCC3)n2)cc1. The van der Waals surface area contributed by atoms with Crippen LogP contribution in [-0.2, 0) is 0 Å². The van der Waals surface area contributed by atoms with Gasteiger partial charge in [0, 0.05) is 16.9 Å². The molecule has 0 N–H and O–H groups in total. The van der Waals surface area contributed by atoms with Crippen LogP contribution in [0, 0.1) is 11.3 Å². The smallest absolute Gasteiger partial charge is 0.0991 e. The molecule has 1 heterocycles. The van der Waals surface area contributed by atoms with Gasteiger partial charge >= 0.3 is 0 Å². The Balaban J connectivity index is 1.85. The first kappa shape index (κ1) is 11.4. The van der Waals surface area contributed by atoms with E-state index in [9.17, 15) is 0 Å². The number of nitrogens with zero attached hydrogens (tertiary/aromatic N) is 2. The lowest BCUT2D eigenvalue weighted by molar-refractivity contribution is 0.717. The summed E-state index contributed by atoms with van der Waals surface area (Å²) in [5.74, 6) is 0.683. The predicted molar refractivity (Wildman–Crippen MR) is 73.5 cm³/mol. The van der Waals surface area contributed by atoms with Crippen LogP contribution in [0.1, 0.15) is 42.2 Å². The Morgan fingerprint density at radius 2 is 1.89 bits per heavy atom. The molecule has 0 amide bonds. The van der Waals surface area contributed by atoms with Crippen LogP contribution < -0.4 is 0 Å². The molecule has 0 unspecified atom stereocenters. The van der Waals surface area contributed by atoms with Crippen molar-refractivity contribution in [2.75, 3.05) is 0 Å². The van der Waals surface area contributed by atoms with Crippen LogP contribution in [0.25, 0.3) is 11.3 Å². The fourth-order valence-electron chi connectivity index (χ4n) is 2.50. The zero-order valence-corrected chi connectivity index (χ0v) is 10.9. The van der Waals surface area contributed by atoms with Crippen molar-refractivity contribution in [3.63, 3.8) is 0 Å². The van der Waals surface area contributed by atoms with Crippen LogP contribution in [0.4, 0.5) is 0 Å². The zero-order valence-electron chi connectivity index (χ0n) is 10.1. The lowest BCUT2D eigenvalue weighted by atomic mass is 10.1. The molecule has 2 aromatic rings. The lowest BCUT2D eigenvalue weighted by Crippen LogP contribution is -1.90. The van der Waals surface area contributed by atoms with Crippen molar-refractivity contribution in [2.45, 2.75) is 31.6 Å². The van der Waals surface area contributed by atoms with Crippen molar-refractivity contribution in [2.24, 2.45) is 0 Å². The monoisotopic (exact) mass is 254 g/mol. The summed E-state index contributed by atoms with van der Waals surface area (Å²) in [6, 6.07) is 9.80. The van der Waals surface area contributed by atoms with Crippen LogP contribution in [0.3, 0.4) is 0 Å². The Morgan fingerprint density at radius 1 is 1.17 bits per heavy atom. The van der Waals surface area contributed by atoms with E-state index in [0.29, 0.717) is 11.5 Å². The van der Waals surface area contributed by atoms with Gasteiger partial charge < -0.3 is 0 Å². The molecule has 18 heavy (non-hydrogen) atoms. The first-order valence-electron chi connectivity index (χ1n) is 6.33. The average molecular weight is 254 g/mol. The minimum Gasteiger partial charge on any atom is -0.241 e. The highest BCUT2D eigenvalue weighted by molar-refractivity contribution is 7.10. The van der Waals surface area contributed by atoms with Crippen LogP contribution >= 0.6 is 11.3 Å². The van der Waals surface area contributed by atoms with Gasteiger partial charge in [-0.05, 0) is 25.0 Å². The summed E-state index contributed by atoms with van der Waals surface area (Å²) in [4.78, 5) is 4.75. The van der Waals surface area contributed by atoms with E-state index in [1.807, 2.05) is 24.3 Å². The van der Waals surface area contributed by atoms with Gasteiger partial charge in [-0.1, -0.05) is 25.0 Å². The Morgan fingerprint density at radius 3 is 2.56 bits per heavy atom. The first-order chi connectivity index (χ1) is 8.86. The van der Waals surface area contributed by atoms with Crippen LogP contribution in [0.5, 0.6) is 0 Å². The van der Waals surface area contributed by atoms with E-state index >= 15 is 0 Å². The van der Waals surface area contributed by atoms with Gasteiger partial charge in [0.05, 0.1) is 22.3 Å². The maximum atomic E-state index is 8.78. The summed E-state index contributed by atoms with van der Waals surface area (Å²) in [7, 11) is 0. The highest BCUT2D eigenvalue weighted by atomic mass is 32.1. The molecule has 1 fully saturated rings. The van der Waals surface area contributed by atoms with Crippen molar-refractivity contribution < 1.29 is 0 Å². The third-order valence-corrected chi connectivity index (χ3v) is 4.54. The van der Waals surface area contributed by atoms with Crippen molar-refractivity contribution in [3.8, 4) is 17.3 Å². The molecule has 3 heteroatoms. The fourth-order valence-corrected chi connectivity index (χ4v) is 3.50. The van der Waals surface area contributed by atoms with Crippen molar-refractivity contribution in [3.05, 3.63) is 40.2 Å². The standard InChI is InChI=1S/C15H14N2S/c16-9-11-5-7-12(8-6-11)14-10-18-15(17-14)13-3-1-2-4-13/h5-8,10,13H,1-4H2. The second-order valence-corrected chi connectivity index (χ2v) is 5.63. The van der Waals surface area contributed by atoms with Gasteiger partial charge in [-0.15, -0.1) is 11.3 Å². The topological polar surface area (TPSA) is 36.7 Å². The molecule has 0 radical (unpaired) electrons. The van der Waals surface area contributed by atoms with Gasteiger partial charge in [0.1, 0.15) is 0 Å². The predicted octanol–water partition coefficient (Wildman–Crippen LogP) is 4.34. The van der Waals surface area contributed by atoms with E-state index < -0.39 is 0 Å². The van der Waals surface area contributed by atoms with Crippen LogP contribution in [0.2, 0.25) is 0 Å². The summed E-state index contributed by atoms with van der Waals surface area (Å²) in [5.41, 5.74) is 2.85. The van der Waals surface area contributed by atoms with Gasteiger partial charge in [-0.25, -0.2) is 4.98 Å². The Hall–Kier alpha value is -1.66. The molecular formula is C15H14N2S. The van der Waals surface area contributed by atoms with E-state index in [0.717, 1.165) is 11.3 Å².